The Kier molecular flexibility index (Phi) is 3.49. The van der Waals surface area contributed by atoms with Crippen LogP contribution in [-0.4, -0.2) is 35.1 Å². The molecule has 2 saturated heterocycles. The van der Waals surface area contributed by atoms with Crippen LogP contribution in [0.1, 0.15) is 48.0 Å². The molecule has 0 saturated carbocycles. The molecule has 4 rings (SSSR count). The van der Waals surface area contributed by atoms with Crippen molar-refractivity contribution in [1.82, 2.24) is 14.6 Å². The smallest absolute Gasteiger partial charge is 0.172 e. The Balaban J connectivity index is 1.62. The fourth-order valence-electron chi connectivity index (χ4n) is 3.76. The van der Waals surface area contributed by atoms with E-state index < -0.39 is 10.8 Å². The van der Waals surface area contributed by atoms with E-state index in [1.807, 2.05) is 6.07 Å². The first-order valence-electron chi connectivity index (χ1n) is 7.84. The summed E-state index contributed by atoms with van der Waals surface area (Å²) < 4.78 is 13.7. The molecule has 2 aliphatic heterocycles. The second-order valence-electron chi connectivity index (χ2n) is 6.32. The van der Waals surface area contributed by atoms with E-state index in [0.717, 1.165) is 19.3 Å². The normalized spacial score (nSPS) is 30.0. The zero-order valence-corrected chi connectivity index (χ0v) is 13.3. The van der Waals surface area contributed by atoms with Crippen LogP contribution in [0.15, 0.2) is 18.6 Å². The Labute approximate surface area is 136 Å². The zero-order chi connectivity index (χ0) is 16.0. The van der Waals surface area contributed by atoms with Gasteiger partial charge in [-0.25, -0.2) is 9.50 Å². The predicted octanol–water partition coefficient (Wildman–Crippen LogP) is 1.86. The summed E-state index contributed by atoms with van der Waals surface area (Å²) in [6.07, 6.45) is 9.10. The minimum atomic E-state index is -0.771. The summed E-state index contributed by atoms with van der Waals surface area (Å²) >= 11 is 0. The van der Waals surface area contributed by atoms with Crippen LogP contribution in [0.25, 0.3) is 5.65 Å². The van der Waals surface area contributed by atoms with Crippen molar-refractivity contribution in [2.75, 3.05) is 0 Å². The van der Waals surface area contributed by atoms with E-state index in [1.54, 1.807) is 6.20 Å². The first-order valence-corrected chi connectivity index (χ1v) is 9.12. The summed E-state index contributed by atoms with van der Waals surface area (Å²) in [5.41, 5.74) is 1.37. The second kappa shape index (κ2) is 5.53. The van der Waals surface area contributed by atoms with Crippen LogP contribution in [0.5, 0.6) is 0 Å². The number of fused-ring (bicyclic) bond motifs is 3. The number of carbonyl (C=O) groups is 1. The van der Waals surface area contributed by atoms with E-state index in [0.29, 0.717) is 29.6 Å². The fourth-order valence-corrected chi connectivity index (χ4v) is 5.95. The lowest BCUT2D eigenvalue weighted by Crippen LogP contribution is -2.41. The van der Waals surface area contributed by atoms with Crippen LogP contribution in [0.3, 0.4) is 0 Å². The lowest BCUT2D eigenvalue weighted by Gasteiger charge is -2.37. The lowest BCUT2D eigenvalue weighted by molar-refractivity contribution is 0.0894. The number of aromatic nitrogens is 3. The fraction of sp³-hybridized carbons (Fsp3) is 0.500. The molecule has 23 heavy (non-hydrogen) atoms. The van der Waals surface area contributed by atoms with Gasteiger partial charge in [-0.15, -0.1) is 0 Å². The van der Waals surface area contributed by atoms with Gasteiger partial charge in [0.25, 0.3) is 0 Å². The molecule has 0 amide bonds. The monoisotopic (exact) mass is 328 g/mol. The molecule has 0 aliphatic carbocycles. The van der Waals surface area contributed by atoms with Crippen molar-refractivity contribution >= 4 is 22.2 Å². The van der Waals surface area contributed by atoms with Crippen LogP contribution in [0, 0.1) is 17.2 Å². The van der Waals surface area contributed by atoms with Crippen molar-refractivity contribution in [3.05, 3.63) is 29.7 Å². The first-order chi connectivity index (χ1) is 11.2. The van der Waals surface area contributed by atoms with Crippen LogP contribution in [0.4, 0.5) is 0 Å². The van der Waals surface area contributed by atoms with Gasteiger partial charge < -0.3 is 0 Å². The minimum Gasteiger partial charge on any atom is -0.294 e. The Morgan fingerprint density at radius 3 is 2.74 bits per heavy atom. The van der Waals surface area contributed by atoms with Crippen molar-refractivity contribution in [3.63, 3.8) is 0 Å². The maximum Gasteiger partial charge on any atom is 0.172 e. The number of carbonyl (C=O) groups excluding carboxylic acids is 1. The van der Waals surface area contributed by atoms with E-state index in [9.17, 15) is 9.00 Å². The van der Waals surface area contributed by atoms with Crippen LogP contribution in [0.2, 0.25) is 0 Å². The van der Waals surface area contributed by atoms with E-state index in [1.165, 1.54) is 16.9 Å². The van der Waals surface area contributed by atoms with Crippen molar-refractivity contribution in [3.8, 4) is 6.07 Å². The van der Waals surface area contributed by atoms with E-state index >= 15 is 0 Å². The molecule has 2 bridgehead atoms. The third-order valence-electron chi connectivity index (χ3n) is 4.94. The van der Waals surface area contributed by atoms with Gasteiger partial charge in [-0.1, -0.05) is 6.42 Å². The van der Waals surface area contributed by atoms with Crippen LogP contribution < -0.4 is 0 Å². The molecule has 2 aromatic heterocycles. The SMILES string of the molecule is N#Cc1cnn2cc(C(=O)C3CC4CCCC(C3)S4=O)cnc12. The molecular formula is C16H16N4O2S. The van der Waals surface area contributed by atoms with Gasteiger partial charge in [-0.2, -0.15) is 10.4 Å². The number of nitriles is 1. The summed E-state index contributed by atoms with van der Waals surface area (Å²) in [7, 11) is -0.771. The summed E-state index contributed by atoms with van der Waals surface area (Å²) in [5.74, 6) is -0.0183. The summed E-state index contributed by atoms with van der Waals surface area (Å²) in [6.45, 7) is 0. The summed E-state index contributed by atoms with van der Waals surface area (Å²) in [5, 5.41) is 13.4. The highest BCUT2D eigenvalue weighted by Crippen LogP contribution is 2.38. The van der Waals surface area contributed by atoms with Gasteiger partial charge in [-0.05, 0) is 25.7 Å². The van der Waals surface area contributed by atoms with Crippen molar-refractivity contribution in [2.45, 2.75) is 42.6 Å². The number of hydrogen-bond acceptors (Lipinski definition) is 5. The molecule has 118 valence electrons. The molecule has 7 heteroatoms. The van der Waals surface area contributed by atoms with Gasteiger partial charge in [0, 0.05) is 39.6 Å². The van der Waals surface area contributed by atoms with Gasteiger partial charge in [0.15, 0.2) is 11.4 Å². The highest BCUT2D eigenvalue weighted by atomic mass is 32.2. The Bertz CT molecular complexity index is 837. The van der Waals surface area contributed by atoms with Gasteiger partial charge in [0.1, 0.15) is 11.6 Å². The molecule has 0 spiro atoms. The maximum atomic E-state index is 12.8. The van der Waals surface area contributed by atoms with Crippen molar-refractivity contribution in [1.29, 1.82) is 5.26 Å². The largest absolute Gasteiger partial charge is 0.294 e. The number of hydrogen-bond donors (Lipinski definition) is 0. The van der Waals surface area contributed by atoms with E-state index in [2.05, 4.69) is 10.1 Å². The molecule has 0 N–H and O–H groups in total. The van der Waals surface area contributed by atoms with Gasteiger partial charge in [0.2, 0.25) is 0 Å². The van der Waals surface area contributed by atoms with E-state index in [-0.39, 0.29) is 22.2 Å². The molecule has 0 radical (unpaired) electrons. The molecular weight excluding hydrogens is 312 g/mol. The molecule has 4 heterocycles. The highest BCUT2D eigenvalue weighted by molar-refractivity contribution is 7.86. The van der Waals surface area contributed by atoms with Crippen molar-refractivity contribution < 1.29 is 9.00 Å². The molecule has 2 aromatic rings. The average molecular weight is 328 g/mol. The van der Waals surface area contributed by atoms with Crippen LogP contribution >= 0.6 is 0 Å². The van der Waals surface area contributed by atoms with Gasteiger partial charge in [-0.3, -0.25) is 9.00 Å². The van der Waals surface area contributed by atoms with E-state index in [4.69, 9.17) is 5.26 Å². The number of Topliss-reactive ketones (excluding diaryl/α,β-unsaturated/α-hetero) is 1. The third kappa shape index (κ3) is 2.38. The number of rotatable bonds is 2. The number of ketones is 1. The quantitative estimate of drug-likeness (QED) is 0.785. The highest BCUT2D eigenvalue weighted by Gasteiger charge is 2.40. The van der Waals surface area contributed by atoms with Gasteiger partial charge in [0.05, 0.1) is 11.8 Å². The summed E-state index contributed by atoms with van der Waals surface area (Å²) in [6, 6.07) is 2.03. The predicted molar refractivity (Wildman–Crippen MR) is 84.3 cm³/mol. The van der Waals surface area contributed by atoms with Gasteiger partial charge >= 0.3 is 0 Å². The van der Waals surface area contributed by atoms with Crippen LogP contribution in [-0.2, 0) is 10.8 Å². The van der Waals surface area contributed by atoms with Crippen molar-refractivity contribution in [2.24, 2.45) is 5.92 Å². The Morgan fingerprint density at radius 1 is 1.30 bits per heavy atom. The lowest BCUT2D eigenvalue weighted by atomic mass is 9.85. The minimum absolute atomic E-state index is 0.0574. The number of nitrogens with zero attached hydrogens (tertiary/aromatic N) is 4. The maximum absolute atomic E-state index is 12.8. The average Bonchev–Trinajstić information content (AvgIpc) is 2.96. The Hall–Kier alpha value is -2.07. The zero-order valence-electron chi connectivity index (χ0n) is 12.5. The molecule has 2 atom stereocenters. The molecule has 2 fully saturated rings. The topological polar surface area (TPSA) is 88.1 Å². The third-order valence-corrected chi connectivity index (χ3v) is 7.11. The first kappa shape index (κ1) is 14.5. The standard InChI is InChI=1S/C16H16N4O2S/c17-6-11-8-19-20-9-12(7-18-16(11)20)15(21)10-4-13-2-1-3-14(5-10)23(13)22/h7-10,13-14H,1-5H2. The summed E-state index contributed by atoms with van der Waals surface area (Å²) in [4.78, 5) is 17.0. The molecule has 0 aromatic carbocycles. The molecule has 6 nitrogen and oxygen atoms in total. The molecule has 2 aliphatic rings. The molecule has 2 unspecified atom stereocenters. The Morgan fingerprint density at radius 2 is 2.04 bits per heavy atom. The second-order valence-corrected chi connectivity index (χ2v) is 8.31.